The van der Waals surface area contributed by atoms with Crippen LogP contribution in [-0.4, -0.2) is 43.3 Å². The topological polar surface area (TPSA) is 110 Å². The largest absolute Gasteiger partial charge is 0.481 e. The van der Waals surface area contributed by atoms with Gasteiger partial charge in [-0.3, -0.25) is 18.7 Å². The van der Waals surface area contributed by atoms with Gasteiger partial charge < -0.3 is 10.0 Å². The maximum atomic E-state index is 12.4. The summed E-state index contributed by atoms with van der Waals surface area (Å²) >= 11 is 0. The molecule has 25 heavy (non-hydrogen) atoms. The summed E-state index contributed by atoms with van der Waals surface area (Å²) in [5, 5.41) is 9.43. The third-order valence-corrected chi connectivity index (χ3v) is 4.72. The Hall–Kier alpha value is -2.71. The van der Waals surface area contributed by atoms with Crippen molar-refractivity contribution in [3.63, 3.8) is 0 Å². The van der Waals surface area contributed by atoms with Gasteiger partial charge in [0.2, 0.25) is 0 Å². The molecule has 0 radical (unpaired) electrons. The summed E-state index contributed by atoms with van der Waals surface area (Å²) in [7, 11) is 2.89. The van der Waals surface area contributed by atoms with Gasteiger partial charge in [0.25, 0.3) is 5.56 Å². The quantitative estimate of drug-likeness (QED) is 0.845. The fourth-order valence-corrected chi connectivity index (χ4v) is 3.12. The van der Waals surface area contributed by atoms with Gasteiger partial charge in [-0.15, -0.1) is 0 Å². The van der Waals surface area contributed by atoms with Crippen molar-refractivity contribution < 1.29 is 9.90 Å². The Balaban J connectivity index is 2.35. The molecule has 2 aromatic heterocycles. The molecular formula is C16H21N5O4. The molecule has 3 heterocycles. The van der Waals surface area contributed by atoms with Crippen LogP contribution in [0.3, 0.4) is 0 Å². The minimum atomic E-state index is -1.03. The van der Waals surface area contributed by atoms with Crippen LogP contribution in [-0.2, 0) is 18.9 Å². The maximum absolute atomic E-state index is 12.4. The molecule has 1 aliphatic rings. The van der Waals surface area contributed by atoms with Gasteiger partial charge in [0.1, 0.15) is 0 Å². The molecule has 0 saturated carbocycles. The number of piperidine rings is 1. The number of hydrogen-bond donors (Lipinski definition) is 1. The van der Waals surface area contributed by atoms with Gasteiger partial charge in [-0.2, -0.15) is 0 Å². The number of aromatic nitrogens is 4. The monoisotopic (exact) mass is 347 g/mol. The first-order chi connectivity index (χ1) is 11.8. The predicted molar refractivity (Wildman–Crippen MR) is 92.1 cm³/mol. The Kier molecular flexibility index (Phi) is 4.32. The van der Waals surface area contributed by atoms with Gasteiger partial charge in [-0.05, 0) is 26.2 Å². The van der Waals surface area contributed by atoms with E-state index in [1.54, 1.807) is 0 Å². The van der Waals surface area contributed by atoms with Gasteiger partial charge in [-0.1, -0.05) is 0 Å². The Morgan fingerprint density at radius 2 is 1.72 bits per heavy atom. The summed E-state index contributed by atoms with van der Waals surface area (Å²) in [6.45, 7) is 3.02. The molecule has 0 spiro atoms. The lowest BCUT2D eigenvalue weighted by Gasteiger charge is -2.30. The number of fused-ring (bicyclic) bond motifs is 1. The third-order valence-electron chi connectivity index (χ3n) is 4.72. The highest BCUT2D eigenvalue weighted by molar-refractivity contribution is 5.80. The Bertz CT molecular complexity index is 956. The van der Waals surface area contributed by atoms with Crippen molar-refractivity contribution in [1.29, 1.82) is 0 Å². The second-order valence-corrected chi connectivity index (χ2v) is 6.42. The van der Waals surface area contributed by atoms with Gasteiger partial charge in [0.05, 0.1) is 11.6 Å². The number of aliphatic carboxylic acids is 1. The van der Waals surface area contributed by atoms with Crippen LogP contribution in [0.5, 0.6) is 0 Å². The predicted octanol–water partition coefficient (Wildman–Crippen LogP) is 0.206. The first-order valence-corrected chi connectivity index (χ1v) is 8.28. The highest BCUT2D eigenvalue weighted by Crippen LogP contribution is 2.28. The Morgan fingerprint density at radius 1 is 1.08 bits per heavy atom. The molecular weight excluding hydrogens is 326 g/mol. The van der Waals surface area contributed by atoms with Crippen LogP contribution in [0.2, 0.25) is 0 Å². The first kappa shape index (κ1) is 17.1. The molecule has 0 bridgehead atoms. The number of carboxylic acids is 1. The van der Waals surface area contributed by atoms with Crippen LogP contribution in [0, 0.1) is 0 Å². The van der Waals surface area contributed by atoms with E-state index in [4.69, 9.17) is 0 Å². The molecule has 1 saturated heterocycles. The van der Waals surface area contributed by atoms with Crippen LogP contribution in [0.4, 0.5) is 5.82 Å². The normalized spacial score (nSPS) is 16.2. The average Bonchev–Trinajstić information content (AvgIpc) is 2.63. The minimum Gasteiger partial charge on any atom is -0.481 e. The van der Waals surface area contributed by atoms with Crippen LogP contribution in [0.25, 0.3) is 11.2 Å². The fourth-order valence-electron chi connectivity index (χ4n) is 3.12. The SMILES string of the molecule is CC(C(=O)O)c1nc2c(=O)n(C)c(=O)n(C)c2nc1N1CCCCC1. The molecule has 0 aromatic carbocycles. The third kappa shape index (κ3) is 2.79. The van der Waals surface area contributed by atoms with E-state index >= 15 is 0 Å². The van der Waals surface area contributed by atoms with Crippen molar-refractivity contribution in [1.82, 2.24) is 19.1 Å². The van der Waals surface area contributed by atoms with Gasteiger partial charge in [-0.25, -0.2) is 14.8 Å². The zero-order valence-electron chi connectivity index (χ0n) is 14.5. The van der Waals surface area contributed by atoms with Gasteiger partial charge >= 0.3 is 11.7 Å². The summed E-state index contributed by atoms with van der Waals surface area (Å²) in [6, 6.07) is 0. The zero-order chi connectivity index (χ0) is 18.3. The van der Waals surface area contributed by atoms with Crippen molar-refractivity contribution in [3.05, 3.63) is 26.5 Å². The van der Waals surface area contributed by atoms with E-state index in [1.807, 2.05) is 4.90 Å². The Labute approximate surface area is 143 Å². The number of carboxylic acid groups (broad SMARTS) is 1. The van der Waals surface area contributed by atoms with E-state index in [1.165, 1.54) is 25.6 Å². The summed E-state index contributed by atoms with van der Waals surface area (Å²) in [4.78, 5) is 47.0. The molecule has 3 rings (SSSR count). The number of nitrogens with zero attached hydrogens (tertiary/aromatic N) is 5. The number of anilines is 1. The summed E-state index contributed by atoms with van der Waals surface area (Å²) in [6.07, 6.45) is 3.08. The Morgan fingerprint density at radius 3 is 2.32 bits per heavy atom. The second kappa shape index (κ2) is 6.30. The number of carbonyl (C=O) groups is 1. The molecule has 9 nitrogen and oxygen atoms in total. The summed E-state index contributed by atoms with van der Waals surface area (Å²) < 4.78 is 2.22. The first-order valence-electron chi connectivity index (χ1n) is 8.28. The molecule has 0 amide bonds. The van der Waals surface area contributed by atoms with Gasteiger partial charge in [0.15, 0.2) is 17.0 Å². The smallest absolute Gasteiger partial charge is 0.332 e. The lowest BCUT2D eigenvalue weighted by Crippen LogP contribution is -2.39. The maximum Gasteiger partial charge on any atom is 0.332 e. The van der Waals surface area contributed by atoms with Crippen LogP contribution >= 0.6 is 0 Å². The molecule has 1 N–H and O–H groups in total. The summed E-state index contributed by atoms with van der Waals surface area (Å²) in [5.74, 6) is -1.49. The van der Waals surface area contributed by atoms with E-state index in [2.05, 4.69) is 9.97 Å². The van der Waals surface area contributed by atoms with Crippen molar-refractivity contribution >= 4 is 23.0 Å². The van der Waals surface area contributed by atoms with Crippen molar-refractivity contribution in [2.24, 2.45) is 14.1 Å². The highest BCUT2D eigenvalue weighted by atomic mass is 16.4. The van der Waals surface area contributed by atoms with Crippen LogP contribution in [0.1, 0.15) is 37.8 Å². The van der Waals surface area contributed by atoms with Crippen molar-refractivity contribution in [3.8, 4) is 0 Å². The van der Waals surface area contributed by atoms with Crippen molar-refractivity contribution in [2.45, 2.75) is 32.1 Å². The average molecular weight is 347 g/mol. The van der Waals surface area contributed by atoms with E-state index in [-0.39, 0.29) is 16.9 Å². The standard InChI is InChI=1S/C16H21N5O4/c1-9(15(23)24)10-13(21-7-5-4-6-8-21)18-12-11(17-10)14(22)20(3)16(25)19(12)2/h9H,4-8H2,1-3H3,(H,23,24). The molecule has 1 fully saturated rings. The molecule has 9 heteroatoms. The van der Waals surface area contributed by atoms with Crippen molar-refractivity contribution in [2.75, 3.05) is 18.0 Å². The van der Waals surface area contributed by atoms with Gasteiger partial charge in [0, 0.05) is 27.2 Å². The van der Waals surface area contributed by atoms with Crippen LogP contribution in [0.15, 0.2) is 9.59 Å². The number of rotatable bonds is 3. The fraction of sp³-hybridized carbons (Fsp3) is 0.562. The van der Waals surface area contributed by atoms with Crippen LogP contribution < -0.4 is 16.1 Å². The number of hydrogen-bond acceptors (Lipinski definition) is 6. The number of aryl methyl sites for hydroxylation is 1. The zero-order valence-corrected chi connectivity index (χ0v) is 14.5. The highest BCUT2D eigenvalue weighted by Gasteiger charge is 2.27. The molecule has 1 unspecified atom stereocenters. The molecule has 0 aliphatic carbocycles. The lowest BCUT2D eigenvalue weighted by atomic mass is 10.1. The van der Waals surface area contributed by atoms with E-state index in [0.717, 1.165) is 36.9 Å². The molecule has 2 aromatic rings. The van der Waals surface area contributed by atoms with E-state index in [9.17, 15) is 19.5 Å². The molecule has 1 aliphatic heterocycles. The van der Waals surface area contributed by atoms with E-state index in [0.29, 0.717) is 5.82 Å². The minimum absolute atomic E-state index is 0.00783. The molecule has 134 valence electrons. The summed E-state index contributed by atoms with van der Waals surface area (Å²) in [5.41, 5.74) is -0.619. The lowest BCUT2D eigenvalue weighted by molar-refractivity contribution is -0.138. The van der Waals surface area contributed by atoms with E-state index < -0.39 is 23.1 Å². The second-order valence-electron chi connectivity index (χ2n) is 6.42. The molecule has 1 atom stereocenters.